The first-order valence-corrected chi connectivity index (χ1v) is 17.8. The average molecular weight is 645 g/mol. The fourth-order valence-electron chi connectivity index (χ4n) is 7.72. The molecule has 9 aromatic rings. The molecule has 0 N–H and O–H groups in total. The third kappa shape index (κ3) is 4.62. The van der Waals surface area contributed by atoms with Crippen LogP contribution in [0.5, 0.6) is 0 Å². The Morgan fingerprint density at radius 2 is 1.24 bits per heavy atom. The summed E-state index contributed by atoms with van der Waals surface area (Å²) in [7, 11) is 0. The Hall–Kier alpha value is -5.90. The number of nitrogens with zero attached hydrogens (tertiary/aromatic N) is 2. The lowest BCUT2D eigenvalue weighted by Crippen LogP contribution is -2.10. The van der Waals surface area contributed by atoms with Gasteiger partial charge in [0.1, 0.15) is 0 Å². The molecule has 0 aliphatic heterocycles. The second-order valence-electron chi connectivity index (χ2n) is 12.9. The third-order valence-electron chi connectivity index (χ3n) is 10.0. The van der Waals surface area contributed by atoms with Crippen LogP contribution in [0.3, 0.4) is 0 Å². The van der Waals surface area contributed by atoms with Crippen LogP contribution in [0.15, 0.2) is 170 Å². The van der Waals surface area contributed by atoms with Crippen molar-refractivity contribution in [1.29, 1.82) is 0 Å². The molecule has 0 amide bonds. The van der Waals surface area contributed by atoms with Crippen molar-refractivity contribution in [2.45, 2.75) is 12.8 Å². The summed E-state index contributed by atoms with van der Waals surface area (Å²) in [5.74, 6) is 0. The van der Waals surface area contributed by atoms with E-state index in [2.05, 4.69) is 179 Å². The lowest BCUT2D eigenvalue weighted by Gasteiger charge is -2.26. The summed E-state index contributed by atoms with van der Waals surface area (Å²) in [6.45, 7) is 0. The number of para-hydroxylation sites is 1. The second-order valence-corrected chi connectivity index (χ2v) is 14.0. The smallest absolute Gasteiger partial charge is 0.0619 e. The minimum atomic E-state index is 1.08. The maximum atomic E-state index is 2.44. The van der Waals surface area contributed by atoms with Crippen molar-refractivity contribution >= 4 is 86.7 Å². The van der Waals surface area contributed by atoms with Gasteiger partial charge in [0.15, 0.2) is 0 Å². The van der Waals surface area contributed by atoms with Crippen molar-refractivity contribution in [1.82, 2.24) is 4.57 Å². The number of hydrogen-bond donors (Lipinski definition) is 0. The van der Waals surface area contributed by atoms with Crippen molar-refractivity contribution in [3.8, 4) is 5.69 Å². The van der Waals surface area contributed by atoms with Gasteiger partial charge in [-0.3, -0.25) is 0 Å². The van der Waals surface area contributed by atoms with Crippen LogP contribution in [-0.4, -0.2) is 4.57 Å². The highest BCUT2D eigenvalue weighted by Gasteiger charge is 2.20. The van der Waals surface area contributed by atoms with Gasteiger partial charge in [0.05, 0.1) is 11.0 Å². The Morgan fingerprint density at radius 3 is 2.10 bits per heavy atom. The molecule has 2 heterocycles. The molecule has 0 spiro atoms. The van der Waals surface area contributed by atoms with E-state index < -0.39 is 0 Å². The first-order valence-electron chi connectivity index (χ1n) is 17.0. The summed E-state index contributed by atoms with van der Waals surface area (Å²) in [6.07, 6.45) is 8.87. The number of anilines is 3. The molecular formula is C46H32N2S. The Labute approximate surface area is 289 Å². The SMILES string of the molecule is C1=CCCC(c2ccc(N(c3ccc4c(c3)sc3ccccc34)c3ccc4c(c3)c3ccc5ccccc5c3n4-c3ccccc3)cc2)=C1. The molecule has 0 unspecified atom stereocenters. The van der Waals surface area contributed by atoms with Crippen LogP contribution in [0.25, 0.3) is 64.0 Å². The molecular weight excluding hydrogens is 613 g/mol. The third-order valence-corrected chi connectivity index (χ3v) is 11.2. The molecule has 232 valence electrons. The van der Waals surface area contributed by atoms with Crippen LogP contribution in [0.2, 0.25) is 0 Å². The quantitative estimate of drug-likeness (QED) is 0.181. The van der Waals surface area contributed by atoms with Gasteiger partial charge in [-0.2, -0.15) is 0 Å². The Morgan fingerprint density at radius 1 is 0.531 bits per heavy atom. The zero-order valence-corrected chi connectivity index (χ0v) is 27.7. The Kier molecular flexibility index (Phi) is 6.53. The molecule has 1 aliphatic rings. The number of benzene rings is 7. The fraction of sp³-hybridized carbons (Fsp3) is 0.0435. The van der Waals surface area contributed by atoms with Gasteiger partial charge in [-0.1, -0.05) is 109 Å². The van der Waals surface area contributed by atoms with E-state index in [0.717, 1.165) is 29.9 Å². The lowest BCUT2D eigenvalue weighted by atomic mass is 9.97. The van der Waals surface area contributed by atoms with E-state index in [0.29, 0.717) is 0 Å². The second kappa shape index (κ2) is 11.4. The maximum absolute atomic E-state index is 2.44. The minimum absolute atomic E-state index is 1.08. The van der Waals surface area contributed by atoms with Gasteiger partial charge in [0, 0.05) is 59.1 Å². The maximum Gasteiger partial charge on any atom is 0.0619 e. The predicted octanol–water partition coefficient (Wildman–Crippen LogP) is 13.5. The largest absolute Gasteiger partial charge is 0.310 e. The van der Waals surface area contributed by atoms with Crippen LogP contribution in [0, 0.1) is 0 Å². The van der Waals surface area contributed by atoms with Crippen LogP contribution in [0.4, 0.5) is 17.1 Å². The van der Waals surface area contributed by atoms with Crippen LogP contribution >= 0.6 is 11.3 Å². The summed E-state index contributed by atoms with van der Waals surface area (Å²) in [5, 5.41) is 7.64. The minimum Gasteiger partial charge on any atom is -0.310 e. The molecule has 49 heavy (non-hydrogen) atoms. The monoisotopic (exact) mass is 644 g/mol. The predicted molar refractivity (Wildman–Crippen MR) is 212 cm³/mol. The van der Waals surface area contributed by atoms with Gasteiger partial charge in [0.25, 0.3) is 0 Å². The first-order chi connectivity index (χ1) is 24.3. The van der Waals surface area contributed by atoms with E-state index in [1.54, 1.807) is 0 Å². The highest BCUT2D eigenvalue weighted by molar-refractivity contribution is 7.25. The fourth-order valence-corrected chi connectivity index (χ4v) is 8.86. The molecule has 0 fully saturated rings. The number of allylic oxidation sites excluding steroid dienone is 4. The van der Waals surface area contributed by atoms with Gasteiger partial charge in [0.2, 0.25) is 0 Å². The number of hydrogen-bond acceptors (Lipinski definition) is 2. The molecule has 0 atom stereocenters. The summed E-state index contributed by atoms with van der Waals surface area (Å²) in [4.78, 5) is 2.43. The topological polar surface area (TPSA) is 8.17 Å². The van der Waals surface area contributed by atoms with Crippen molar-refractivity contribution in [3.63, 3.8) is 0 Å². The highest BCUT2D eigenvalue weighted by atomic mass is 32.1. The van der Waals surface area contributed by atoms with E-state index in [1.165, 1.54) is 69.6 Å². The Bertz CT molecular complexity index is 2760. The number of fused-ring (bicyclic) bond motifs is 8. The summed E-state index contributed by atoms with van der Waals surface area (Å²) in [5.41, 5.74) is 9.75. The molecule has 0 saturated heterocycles. The van der Waals surface area contributed by atoms with Crippen molar-refractivity contribution < 1.29 is 0 Å². The number of aromatic nitrogens is 1. The van der Waals surface area contributed by atoms with Gasteiger partial charge in [-0.25, -0.2) is 0 Å². The first kappa shape index (κ1) is 28.1. The van der Waals surface area contributed by atoms with Gasteiger partial charge in [-0.15, -0.1) is 11.3 Å². The summed E-state index contributed by atoms with van der Waals surface area (Å²) in [6, 6.07) is 55.9. The van der Waals surface area contributed by atoms with Crippen LogP contribution < -0.4 is 4.90 Å². The average Bonchev–Trinajstić information content (AvgIpc) is 3.71. The number of rotatable bonds is 5. The molecule has 2 nitrogen and oxygen atoms in total. The van der Waals surface area contributed by atoms with Crippen molar-refractivity contribution in [2.75, 3.05) is 4.90 Å². The molecule has 0 saturated carbocycles. The molecule has 3 heteroatoms. The van der Waals surface area contributed by atoms with E-state index in [4.69, 9.17) is 0 Å². The van der Waals surface area contributed by atoms with E-state index >= 15 is 0 Å². The van der Waals surface area contributed by atoms with Crippen molar-refractivity contribution in [3.05, 3.63) is 175 Å². The Balaban J connectivity index is 1.21. The van der Waals surface area contributed by atoms with Gasteiger partial charge < -0.3 is 9.47 Å². The molecule has 1 aliphatic carbocycles. The molecule has 0 bridgehead atoms. The molecule has 10 rings (SSSR count). The number of thiophene rings is 1. The van der Waals surface area contributed by atoms with E-state index in [-0.39, 0.29) is 0 Å². The normalized spacial score (nSPS) is 13.2. The summed E-state index contributed by atoms with van der Waals surface area (Å²) >= 11 is 1.87. The summed E-state index contributed by atoms with van der Waals surface area (Å²) < 4.78 is 5.06. The molecule has 0 radical (unpaired) electrons. The zero-order valence-electron chi connectivity index (χ0n) is 26.9. The lowest BCUT2D eigenvalue weighted by molar-refractivity contribution is 1.05. The molecule has 2 aromatic heterocycles. The van der Waals surface area contributed by atoms with Gasteiger partial charge >= 0.3 is 0 Å². The molecule has 7 aromatic carbocycles. The van der Waals surface area contributed by atoms with E-state index in [1.807, 2.05) is 11.3 Å². The van der Waals surface area contributed by atoms with Crippen LogP contribution in [0.1, 0.15) is 18.4 Å². The van der Waals surface area contributed by atoms with Crippen LogP contribution in [-0.2, 0) is 0 Å². The van der Waals surface area contributed by atoms with E-state index in [9.17, 15) is 0 Å². The van der Waals surface area contributed by atoms with Gasteiger partial charge in [-0.05, 0) is 90.0 Å². The standard InChI is InChI=1S/C46H32N2S/c1-3-11-31(12-4-1)32-19-22-35(23-20-32)47(37-24-27-40-39-17-9-10-18-44(39)49-45(40)30-37)36-25-28-43-42(29-36)41-26-21-33-13-7-8-16-38(33)46(41)48(43)34-14-5-2-6-15-34/h1-3,5-11,13-30H,4,12H2. The highest BCUT2D eigenvalue weighted by Crippen LogP contribution is 2.44. The zero-order chi connectivity index (χ0) is 32.3. The van der Waals surface area contributed by atoms with Crippen molar-refractivity contribution in [2.24, 2.45) is 0 Å².